The van der Waals surface area contributed by atoms with E-state index < -0.39 is 5.41 Å². The molecule has 30 heavy (non-hydrogen) atoms. The molecule has 0 bridgehead atoms. The van der Waals surface area contributed by atoms with Gasteiger partial charge in [-0.3, -0.25) is 4.79 Å². The molecule has 0 saturated carbocycles. The molecule has 0 fully saturated rings. The van der Waals surface area contributed by atoms with Gasteiger partial charge in [-0.2, -0.15) is 0 Å². The minimum absolute atomic E-state index is 0.0476. The predicted molar refractivity (Wildman–Crippen MR) is 114 cm³/mol. The lowest BCUT2D eigenvalue weighted by molar-refractivity contribution is -0.136. The van der Waals surface area contributed by atoms with Crippen LogP contribution in [-0.2, 0) is 22.0 Å². The number of hydrogen-bond acceptors (Lipinski definition) is 4. The van der Waals surface area contributed by atoms with Gasteiger partial charge >= 0.3 is 5.97 Å². The SMILES string of the molecule is CC(C)(C)c1ccc2c(c1)[C@](Cc1ccccc1)(c1ccc3c(c1)OCO3)C(=O)O2. The molecule has 2 aliphatic rings. The van der Waals surface area contributed by atoms with Crippen LogP contribution in [0.15, 0.2) is 66.7 Å². The van der Waals surface area contributed by atoms with Crippen molar-refractivity contribution in [3.05, 3.63) is 89.0 Å². The van der Waals surface area contributed by atoms with Crippen molar-refractivity contribution >= 4 is 5.97 Å². The molecule has 2 heterocycles. The van der Waals surface area contributed by atoms with E-state index in [9.17, 15) is 4.79 Å². The van der Waals surface area contributed by atoms with Gasteiger partial charge in [0.2, 0.25) is 6.79 Å². The zero-order chi connectivity index (χ0) is 20.9. The second-order valence-electron chi connectivity index (χ2n) is 8.99. The summed E-state index contributed by atoms with van der Waals surface area (Å²) in [4.78, 5) is 13.5. The molecule has 3 aromatic carbocycles. The number of rotatable bonds is 3. The van der Waals surface area contributed by atoms with Crippen LogP contribution in [0.3, 0.4) is 0 Å². The van der Waals surface area contributed by atoms with Crippen LogP contribution in [0.5, 0.6) is 17.2 Å². The van der Waals surface area contributed by atoms with E-state index in [4.69, 9.17) is 14.2 Å². The fourth-order valence-electron chi connectivity index (χ4n) is 4.32. The van der Waals surface area contributed by atoms with E-state index in [-0.39, 0.29) is 18.2 Å². The van der Waals surface area contributed by atoms with Gasteiger partial charge in [-0.15, -0.1) is 0 Å². The number of carbonyl (C=O) groups is 1. The molecule has 0 spiro atoms. The van der Waals surface area contributed by atoms with Crippen LogP contribution >= 0.6 is 0 Å². The lowest BCUT2D eigenvalue weighted by atomic mass is 9.70. The Morgan fingerprint density at radius 2 is 1.60 bits per heavy atom. The van der Waals surface area contributed by atoms with Gasteiger partial charge in [-0.1, -0.05) is 69.3 Å². The van der Waals surface area contributed by atoms with Crippen LogP contribution in [0.1, 0.15) is 43.0 Å². The summed E-state index contributed by atoms with van der Waals surface area (Å²) in [6, 6.07) is 21.9. The monoisotopic (exact) mass is 400 g/mol. The van der Waals surface area contributed by atoms with Crippen LogP contribution in [0, 0.1) is 0 Å². The van der Waals surface area contributed by atoms with E-state index in [1.165, 1.54) is 0 Å². The van der Waals surface area contributed by atoms with Crippen molar-refractivity contribution in [2.45, 2.75) is 38.0 Å². The zero-order valence-corrected chi connectivity index (χ0v) is 17.4. The van der Waals surface area contributed by atoms with E-state index in [0.717, 1.165) is 22.3 Å². The Kier molecular flexibility index (Phi) is 4.14. The van der Waals surface area contributed by atoms with Gasteiger partial charge in [0.25, 0.3) is 0 Å². The second kappa shape index (κ2) is 6.63. The summed E-state index contributed by atoms with van der Waals surface area (Å²) < 4.78 is 16.9. The first kappa shape index (κ1) is 18.7. The van der Waals surface area contributed by atoms with Crippen LogP contribution in [0.2, 0.25) is 0 Å². The Labute approximate surface area is 176 Å². The highest BCUT2D eigenvalue weighted by molar-refractivity contribution is 5.95. The first-order valence-electron chi connectivity index (χ1n) is 10.2. The molecule has 5 rings (SSSR count). The summed E-state index contributed by atoms with van der Waals surface area (Å²) >= 11 is 0. The standard InChI is InChI=1S/C26H24O4/c1-25(2,3)18-9-11-21-20(13-18)26(24(27)30-21,15-17-7-5-4-6-8-17)19-10-12-22-23(14-19)29-16-28-22/h4-14H,15-16H2,1-3H3/t26-/m0/s1. The molecule has 0 saturated heterocycles. The van der Waals surface area contributed by atoms with E-state index in [1.54, 1.807) is 0 Å². The highest BCUT2D eigenvalue weighted by Gasteiger charge is 2.51. The Bertz CT molecular complexity index is 1130. The van der Waals surface area contributed by atoms with Gasteiger partial charge in [0.1, 0.15) is 11.2 Å². The number of hydrogen-bond donors (Lipinski definition) is 0. The molecule has 0 unspecified atom stereocenters. The maximum atomic E-state index is 13.5. The summed E-state index contributed by atoms with van der Waals surface area (Å²) in [6.07, 6.45) is 0.507. The normalized spacial score (nSPS) is 19.5. The fraction of sp³-hybridized carbons (Fsp3) is 0.269. The van der Waals surface area contributed by atoms with Gasteiger partial charge in [-0.05, 0) is 46.7 Å². The fourth-order valence-corrected chi connectivity index (χ4v) is 4.32. The lowest BCUT2D eigenvalue weighted by Gasteiger charge is -2.28. The highest BCUT2D eigenvalue weighted by atomic mass is 16.7. The Hall–Kier alpha value is -3.27. The average Bonchev–Trinajstić information content (AvgIpc) is 3.30. The third-order valence-corrected chi connectivity index (χ3v) is 6.03. The van der Waals surface area contributed by atoms with E-state index in [0.29, 0.717) is 23.7 Å². The van der Waals surface area contributed by atoms with Gasteiger partial charge in [0, 0.05) is 5.56 Å². The molecule has 4 nitrogen and oxygen atoms in total. The molecular weight excluding hydrogens is 376 g/mol. The topological polar surface area (TPSA) is 44.8 Å². The molecule has 4 heteroatoms. The maximum Gasteiger partial charge on any atom is 0.326 e. The molecular formula is C26H24O4. The quantitative estimate of drug-likeness (QED) is 0.450. The van der Waals surface area contributed by atoms with E-state index in [2.05, 4.69) is 26.8 Å². The lowest BCUT2D eigenvalue weighted by Crippen LogP contribution is -2.37. The number of benzene rings is 3. The smallest absolute Gasteiger partial charge is 0.326 e. The van der Waals surface area contributed by atoms with Crippen molar-refractivity contribution in [3.8, 4) is 17.2 Å². The summed E-state index contributed by atoms with van der Waals surface area (Å²) in [5.41, 5.74) is 3.00. The number of esters is 1. The van der Waals surface area contributed by atoms with Gasteiger partial charge < -0.3 is 14.2 Å². The third-order valence-electron chi connectivity index (χ3n) is 6.03. The Balaban J connectivity index is 1.75. The van der Waals surface area contributed by atoms with Crippen LogP contribution in [0.4, 0.5) is 0 Å². The van der Waals surface area contributed by atoms with Crippen molar-refractivity contribution in [2.24, 2.45) is 0 Å². The number of carbonyl (C=O) groups excluding carboxylic acids is 1. The molecule has 2 aliphatic heterocycles. The summed E-state index contributed by atoms with van der Waals surface area (Å²) in [7, 11) is 0. The third kappa shape index (κ3) is 2.86. The van der Waals surface area contributed by atoms with Crippen molar-refractivity contribution in [1.29, 1.82) is 0 Å². The molecule has 0 aromatic heterocycles. The minimum Gasteiger partial charge on any atom is -0.454 e. The minimum atomic E-state index is -0.946. The van der Waals surface area contributed by atoms with E-state index >= 15 is 0 Å². The first-order valence-corrected chi connectivity index (χ1v) is 10.2. The summed E-state index contributed by atoms with van der Waals surface area (Å²) in [6.45, 7) is 6.71. The largest absolute Gasteiger partial charge is 0.454 e. The maximum absolute atomic E-state index is 13.5. The number of fused-ring (bicyclic) bond motifs is 2. The molecule has 1 atom stereocenters. The predicted octanol–water partition coefficient (Wildman–Crippen LogP) is 5.16. The van der Waals surface area contributed by atoms with Crippen molar-refractivity contribution in [1.82, 2.24) is 0 Å². The van der Waals surface area contributed by atoms with Crippen molar-refractivity contribution < 1.29 is 19.0 Å². The molecule has 0 amide bonds. The van der Waals surface area contributed by atoms with Crippen LogP contribution in [-0.4, -0.2) is 12.8 Å². The zero-order valence-electron chi connectivity index (χ0n) is 17.4. The van der Waals surface area contributed by atoms with Crippen molar-refractivity contribution in [2.75, 3.05) is 6.79 Å². The molecule has 0 radical (unpaired) electrons. The molecule has 0 aliphatic carbocycles. The number of ether oxygens (including phenoxy) is 3. The first-order chi connectivity index (χ1) is 14.4. The Morgan fingerprint density at radius 1 is 0.867 bits per heavy atom. The van der Waals surface area contributed by atoms with Crippen molar-refractivity contribution in [3.63, 3.8) is 0 Å². The van der Waals surface area contributed by atoms with E-state index in [1.807, 2.05) is 60.7 Å². The van der Waals surface area contributed by atoms with Gasteiger partial charge in [-0.25, -0.2) is 0 Å². The van der Waals surface area contributed by atoms with Gasteiger partial charge in [0.05, 0.1) is 0 Å². The summed E-state index contributed by atoms with van der Waals surface area (Å²) in [5.74, 6) is 1.73. The molecule has 0 N–H and O–H groups in total. The average molecular weight is 400 g/mol. The highest BCUT2D eigenvalue weighted by Crippen LogP contribution is 2.49. The van der Waals surface area contributed by atoms with Gasteiger partial charge in [0.15, 0.2) is 11.5 Å². The second-order valence-corrected chi connectivity index (χ2v) is 8.99. The molecule has 152 valence electrons. The van der Waals surface area contributed by atoms with Crippen LogP contribution in [0.25, 0.3) is 0 Å². The molecule has 3 aromatic rings. The van der Waals surface area contributed by atoms with Crippen LogP contribution < -0.4 is 14.2 Å². The summed E-state index contributed by atoms with van der Waals surface area (Å²) in [5, 5.41) is 0. The Morgan fingerprint density at radius 3 is 2.37 bits per heavy atom.